The Labute approximate surface area is 110 Å². The maximum Gasteiger partial charge on any atom is 0.308 e. The fourth-order valence-electron chi connectivity index (χ4n) is 1.37. The van der Waals surface area contributed by atoms with E-state index >= 15 is 0 Å². The smallest absolute Gasteiger partial charge is 0.308 e. The third-order valence-electron chi connectivity index (χ3n) is 2.53. The van der Waals surface area contributed by atoms with Crippen LogP contribution >= 0.6 is 0 Å². The minimum absolute atomic E-state index is 0.0166. The number of hydrogen-bond acceptors (Lipinski definition) is 4. The van der Waals surface area contributed by atoms with Gasteiger partial charge in [0.1, 0.15) is 5.69 Å². The molecule has 0 fully saturated rings. The van der Waals surface area contributed by atoms with E-state index in [1.54, 1.807) is 0 Å². The summed E-state index contributed by atoms with van der Waals surface area (Å²) >= 11 is 0. The van der Waals surface area contributed by atoms with E-state index in [1.807, 2.05) is 6.92 Å². The number of aryl methyl sites for hydroxylation is 1. The lowest BCUT2D eigenvalue weighted by Gasteiger charge is -2.09. The average molecular weight is 267 g/mol. The third-order valence-corrected chi connectivity index (χ3v) is 2.53. The molecule has 0 aromatic carbocycles. The molecular weight excluding hydrogens is 250 g/mol. The van der Waals surface area contributed by atoms with Gasteiger partial charge in [0.05, 0.1) is 5.92 Å². The van der Waals surface area contributed by atoms with Crippen LogP contribution in [0.4, 0.5) is 0 Å². The Morgan fingerprint density at radius 3 is 2.74 bits per heavy atom. The van der Waals surface area contributed by atoms with Crippen LogP contribution in [0.1, 0.15) is 30.8 Å². The lowest BCUT2D eigenvalue weighted by Crippen LogP contribution is -2.33. The van der Waals surface area contributed by atoms with E-state index in [-0.39, 0.29) is 17.8 Å². The summed E-state index contributed by atoms with van der Waals surface area (Å²) in [6, 6.07) is 2.60. The minimum Gasteiger partial charge on any atom is -0.481 e. The van der Waals surface area contributed by atoms with Crippen molar-refractivity contribution >= 4 is 11.9 Å². The molecule has 7 nitrogen and oxygen atoms in total. The molecular formula is C12H17N3O4. The van der Waals surface area contributed by atoms with E-state index in [4.69, 9.17) is 5.11 Å². The summed E-state index contributed by atoms with van der Waals surface area (Å²) in [5, 5.41) is 15.1. The second-order valence-electron chi connectivity index (χ2n) is 4.23. The summed E-state index contributed by atoms with van der Waals surface area (Å²) < 4.78 is 1.22. The summed E-state index contributed by atoms with van der Waals surface area (Å²) in [6.07, 6.45) is 0.730. The Kier molecular flexibility index (Phi) is 5.23. The largest absolute Gasteiger partial charge is 0.481 e. The predicted molar refractivity (Wildman–Crippen MR) is 67.9 cm³/mol. The van der Waals surface area contributed by atoms with E-state index in [1.165, 1.54) is 23.7 Å². The summed E-state index contributed by atoms with van der Waals surface area (Å²) in [4.78, 5) is 33.8. The van der Waals surface area contributed by atoms with Gasteiger partial charge in [-0.3, -0.25) is 14.4 Å². The van der Waals surface area contributed by atoms with Crippen molar-refractivity contribution in [1.29, 1.82) is 0 Å². The summed E-state index contributed by atoms with van der Waals surface area (Å²) in [7, 11) is 0. The summed E-state index contributed by atoms with van der Waals surface area (Å²) in [6.45, 7) is 3.84. The Hall–Kier alpha value is -2.18. The summed E-state index contributed by atoms with van der Waals surface area (Å²) in [5.41, 5.74) is -0.164. The van der Waals surface area contributed by atoms with Gasteiger partial charge in [0.2, 0.25) is 0 Å². The molecule has 104 valence electrons. The maximum atomic E-state index is 11.8. The molecule has 0 radical (unpaired) electrons. The fourth-order valence-corrected chi connectivity index (χ4v) is 1.37. The molecule has 19 heavy (non-hydrogen) atoms. The first-order valence-electron chi connectivity index (χ1n) is 6.05. The van der Waals surface area contributed by atoms with Crippen LogP contribution in [0.15, 0.2) is 16.9 Å². The van der Waals surface area contributed by atoms with Crippen LogP contribution in [-0.2, 0) is 11.3 Å². The van der Waals surface area contributed by atoms with Crippen LogP contribution in [-0.4, -0.2) is 33.3 Å². The van der Waals surface area contributed by atoms with Crippen LogP contribution in [0.2, 0.25) is 0 Å². The van der Waals surface area contributed by atoms with Crippen molar-refractivity contribution in [2.24, 2.45) is 5.92 Å². The predicted octanol–water partition coefficient (Wildman–Crippen LogP) is 0.104. The number of nitrogens with one attached hydrogen (secondary N) is 1. The maximum absolute atomic E-state index is 11.8. The number of carboxylic acids is 1. The molecule has 7 heteroatoms. The van der Waals surface area contributed by atoms with Crippen molar-refractivity contribution in [2.75, 3.05) is 6.54 Å². The van der Waals surface area contributed by atoms with Crippen molar-refractivity contribution in [2.45, 2.75) is 26.8 Å². The van der Waals surface area contributed by atoms with Crippen LogP contribution in [0.25, 0.3) is 0 Å². The van der Waals surface area contributed by atoms with E-state index < -0.39 is 17.8 Å². The Balaban J connectivity index is 2.74. The first kappa shape index (κ1) is 14.9. The number of rotatable bonds is 6. The molecule has 1 atom stereocenters. The number of carbonyl (C=O) groups is 2. The topological polar surface area (TPSA) is 101 Å². The van der Waals surface area contributed by atoms with Crippen LogP contribution in [0.3, 0.4) is 0 Å². The molecule has 2 N–H and O–H groups in total. The third kappa shape index (κ3) is 4.20. The second-order valence-corrected chi connectivity index (χ2v) is 4.23. The van der Waals surface area contributed by atoms with Crippen LogP contribution in [0.5, 0.6) is 0 Å². The zero-order valence-corrected chi connectivity index (χ0v) is 10.9. The van der Waals surface area contributed by atoms with E-state index in [0.717, 1.165) is 6.42 Å². The van der Waals surface area contributed by atoms with Gasteiger partial charge in [-0.2, -0.15) is 5.10 Å². The molecule has 0 aliphatic rings. The van der Waals surface area contributed by atoms with E-state index in [9.17, 15) is 14.4 Å². The van der Waals surface area contributed by atoms with Crippen molar-refractivity contribution in [3.05, 3.63) is 28.2 Å². The normalized spacial score (nSPS) is 11.9. The average Bonchev–Trinajstić information content (AvgIpc) is 2.38. The van der Waals surface area contributed by atoms with Crippen molar-refractivity contribution in [1.82, 2.24) is 15.1 Å². The highest BCUT2D eigenvalue weighted by molar-refractivity contribution is 5.92. The Morgan fingerprint density at radius 1 is 1.47 bits per heavy atom. The van der Waals surface area contributed by atoms with Gasteiger partial charge >= 0.3 is 5.97 Å². The van der Waals surface area contributed by atoms with Crippen molar-refractivity contribution in [3.8, 4) is 0 Å². The molecule has 0 saturated carbocycles. The Bertz CT molecular complexity index is 524. The molecule has 1 aromatic rings. The Morgan fingerprint density at radius 2 is 2.16 bits per heavy atom. The second kappa shape index (κ2) is 6.67. The van der Waals surface area contributed by atoms with Crippen LogP contribution < -0.4 is 10.9 Å². The van der Waals surface area contributed by atoms with Gasteiger partial charge in [0.25, 0.3) is 11.5 Å². The highest BCUT2D eigenvalue weighted by Gasteiger charge is 2.14. The van der Waals surface area contributed by atoms with Gasteiger partial charge in [-0.05, 0) is 12.5 Å². The monoisotopic (exact) mass is 267 g/mol. The van der Waals surface area contributed by atoms with Crippen molar-refractivity contribution in [3.63, 3.8) is 0 Å². The molecule has 1 heterocycles. The quantitative estimate of drug-likeness (QED) is 0.761. The number of carboxylic acid groups (broad SMARTS) is 1. The number of aromatic nitrogens is 2. The minimum atomic E-state index is -0.982. The molecule has 0 aliphatic carbocycles. The molecule has 0 spiro atoms. The number of amides is 1. The van der Waals surface area contributed by atoms with Gasteiger partial charge in [0, 0.05) is 19.2 Å². The highest BCUT2D eigenvalue weighted by Crippen LogP contribution is 1.95. The van der Waals surface area contributed by atoms with Gasteiger partial charge < -0.3 is 10.4 Å². The SMILES string of the molecule is CCCn1nc(C(=O)NCC(C)C(=O)O)ccc1=O. The van der Waals surface area contributed by atoms with E-state index in [0.29, 0.717) is 6.54 Å². The molecule has 1 amide bonds. The number of aliphatic carboxylic acids is 1. The van der Waals surface area contributed by atoms with Crippen LogP contribution in [0, 0.1) is 5.92 Å². The molecule has 1 rings (SSSR count). The summed E-state index contributed by atoms with van der Waals surface area (Å²) in [5.74, 6) is -2.15. The first-order valence-corrected chi connectivity index (χ1v) is 6.05. The number of carbonyl (C=O) groups excluding carboxylic acids is 1. The van der Waals surface area contributed by atoms with Gasteiger partial charge in [-0.15, -0.1) is 0 Å². The number of hydrogen-bond donors (Lipinski definition) is 2. The lowest BCUT2D eigenvalue weighted by atomic mass is 10.2. The fraction of sp³-hybridized carbons (Fsp3) is 0.500. The molecule has 0 bridgehead atoms. The number of nitrogens with zero attached hydrogens (tertiary/aromatic N) is 2. The van der Waals surface area contributed by atoms with E-state index in [2.05, 4.69) is 10.4 Å². The highest BCUT2D eigenvalue weighted by atomic mass is 16.4. The van der Waals surface area contributed by atoms with Crippen molar-refractivity contribution < 1.29 is 14.7 Å². The molecule has 0 saturated heterocycles. The zero-order chi connectivity index (χ0) is 14.4. The first-order chi connectivity index (χ1) is 8.95. The standard InChI is InChI=1S/C12H17N3O4/c1-3-6-15-10(16)5-4-9(14-15)11(17)13-7-8(2)12(18)19/h4-5,8H,3,6-7H2,1-2H3,(H,13,17)(H,18,19). The molecule has 0 aliphatic heterocycles. The molecule has 1 aromatic heterocycles. The van der Waals surface area contributed by atoms with Gasteiger partial charge in [-0.1, -0.05) is 13.8 Å². The zero-order valence-electron chi connectivity index (χ0n) is 10.9. The molecule has 1 unspecified atom stereocenters. The lowest BCUT2D eigenvalue weighted by molar-refractivity contribution is -0.140. The van der Waals surface area contributed by atoms with Gasteiger partial charge in [0.15, 0.2) is 0 Å². The van der Waals surface area contributed by atoms with Gasteiger partial charge in [-0.25, -0.2) is 4.68 Å².